The third-order valence-electron chi connectivity index (χ3n) is 4.72. The summed E-state index contributed by atoms with van der Waals surface area (Å²) in [6.07, 6.45) is 0.883. The molecule has 3 rings (SSSR count). The molecule has 152 valence electrons. The summed E-state index contributed by atoms with van der Waals surface area (Å²) in [6.45, 7) is 7.84. The molecule has 1 aromatic heterocycles. The van der Waals surface area contributed by atoms with Crippen LogP contribution < -0.4 is 10.6 Å². The van der Waals surface area contributed by atoms with Gasteiger partial charge in [0.05, 0.1) is 11.0 Å². The minimum Gasteiger partial charge on any atom is -0.351 e. The van der Waals surface area contributed by atoms with Crippen molar-refractivity contribution in [1.82, 2.24) is 20.2 Å². The first kappa shape index (κ1) is 21.0. The molecule has 0 bridgehead atoms. The number of anilines is 2. The molecule has 0 unspecified atom stereocenters. The van der Waals surface area contributed by atoms with Crippen LogP contribution in [0, 0.1) is 0 Å². The number of rotatable bonds is 9. The van der Waals surface area contributed by atoms with Crippen molar-refractivity contribution in [3.63, 3.8) is 0 Å². The maximum Gasteiger partial charge on any atom is 0.273 e. The van der Waals surface area contributed by atoms with Gasteiger partial charge >= 0.3 is 0 Å². The number of amides is 1. The Morgan fingerprint density at radius 1 is 1.00 bits per heavy atom. The number of nitrogens with zero attached hydrogens (tertiary/aromatic N) is 3. The van der Waals surface area contributed by atoms with Crippen molar-refractivity contribution in [2.75, 3.05) is 31.5 Å². The van der Waals surface area contributed by atoms with Gasteiger partial charge in [0.1, 0.15) is 0 Å². The van der Waals surface area contributed by atoms with Crippen LogP contribution in [0.25, 0.3) is 11.0 Å². The van der Waals surface area contributed by atoms with E-state index in [1.165, 1.54) is 0 Å². The number of benzene rings is 2. The number of hydrogen-bond donors (Lipinski definition) is 2. The fraction of sp³-hybridized carbons (Fsp3) is 0.318. The summed E-state index contributed by atoms with van der Waals surface area (Å²) in [7, 11) is 0. The molecule has 29 heavy (non-hydrogen) atoms. The Balaban J connectivity index is 1.78. The van der Waals surface area contributed by atoms with Crippen molar-refractivity contribution in [2.45, 2.75) is 20.3 Å². The predicted molar refractivity (Wildman–Crippen MR) is 119 cm³/mol. The monoisotopic (exact) mass is 411 g/mol. The highest BCUT2D eigenvalue weighted by molar-refractivity contribution is 6.30. The van der Waals surface area contributed by atoms with Crippen LogP contribution in [0.5, 0.6) is 0 Å². The van der Waals surface area contributed by atoms with E-state index in [0.717, 1.165) is 37.3 Å². The molecule has 3 aromatic rings. The van der Waals surface area contributed by atoms with Crippen LogP contribution in [0.4, 0.5) is 11.5 Å². The Morgan fingerprint density at radius 3 is 2.31 bits per heavy atom. The minimum atomic E-state index is -0.237. The average molecular weight is 412 g/mol. The standard InChI is InChI=1S/C22H26ClN5O/c1-3-28(4-2)15-7-14-24-22(29)20-21(25-17-12-10-16(23)11-13-17)27-19-9-6-5-8-18(19)26-20/h5-6,8-13H,3-4,7,14-15H2,1-2H3,(H,24,29)(H,25,27). The fourth-order valence-electron chi connectivity index (χ4n) is 3.04. The molecule has 0 radical (unpaired) electrons. The summed E-state index contributed by atoms with van der Waals surface area (Å²) < 4.78 is 0. The number of nitrogens with one attached hydrogen (secondary N) is 2. The van der Waals surface area contributed by atoms with Gasteiger partial charge in [-0.3, -0.25) is 4.79 Å². The number of carbonyl (C=O) groups excluding carboxylic acids is 1. The maximum absolute atomic E-state index is 12.8. The summed E-state index contributed by atoms with van der Waals surface area (Å²) >= 11 is 5.97. The van der Waals surface area contributed by atoms with E-state index in [0.29, 0.717) is 22.9 Å². The van der Waals surface area contributed by atoms with Crippen molar-refractivity contribution < 1.29 is 4.79 Å². The lowest BCUT2D eigenvalue weighted by Crippen LogP contribution is -2.30. The van der Waals surface area contributed by atoms with Gasteiger partial charge in [-0.1, -0.05) is 37.6 Å². The third-order valence-corrected chi connectivity index (χ3v) is 4.98. The minimum absolute atomic E-state index is 0.237. The molecule has 0 aliphatic heterocycles. The van der Waals surface area contributed by atoms with Crippen LogP contribution in [0.1, 0.15) is 30.8 Å². The number of aromatic nitrogens is 2. The first-order chi connectivity index (χ1) is 14.1. The second-order valence-electron chi connectivity index (χ2n) is 6.68. The predicted octanol–water partition coefficient (Wildman–Crippen LogP) is 4.49. The van der Waals surface area contributed by atoms with Gasteiger partial charge in [0.25, 0.3) is 5.91 Å². The van der Waals surface area contributed by atoms with Gasteiger partial charge in [-0.2, -0.15) is 0 Å². The van der Waals surface area contributed by atoms with Crippen molar-refractivity contribution >= 4 is 40.0 Å². The van der Waals surface area contributed by atoms with Crippen LogP contribution in [-0.4, -0.2) is 47.0 Å². The maximum atomic E-state index is 12.8. The van der Waals surface area contributed by atoms with Gasteiger partial charge in [-0.25, -0.2) is 9.97 Å². The van der Waals surface area contributed by atoms with Crippen molar-refractivity contribution in [2.24, 2.45) is 0 Å². The molecule has 0 saturated heterocycles. The third kappa shape index (κ3) is 5.65. The Morgan fingerprint density at radius 2 is 1.66 bits per heavy atom. The number of fused-ring (bicyclic) bond motifs is 1. The summed E-state index contributed by atoms with van der Waals surface area (Å²) in [4.78, 5) is 24.4. The Hall–Kier alpha value is -2.70. The molecule has 0 atom stereocenters. The van der Waals surface area contributed by atoms with E-state index < -0.39 is 0 Å². The lowest BCUT2D eigenvalue weighted by atomic mass is 10.2. The molecular weight excluding hydrogens is 386 g/mol. The zero-order valence-corrected chi connectivity index (χ0v) is 17.5. The van der Waals surface area contributed by atoms with Crippen LogP contribution >= 0.6 is 11.6 Å². The topological polar surface area (TPSA) is 70.2 Å². The molecule has 7 heteroatoms. The Kier molecular flexibility index (Phi) is 7.38. The van der Waals surface area contributed by atoms with Crippen LogP contribution in [-0.2, 0) is 0 Å². The number of carbonyl (C=O) groups is 1. The highest BCUT2D eigenvalue weighted by atomic mass is 35.5. The van der Waals surface area contributed by atoms with Gasteiger partial charge in [-0.15, -0.1) is 0 Å². The quantitative estimate of drug-likeness (QED) is 0.508. The molecule has 2 aromatic carbocycles. The highest BCUT2D eigenvalue weighted by Gasteiger charge is 2.16. The molecule has 0 fully saturated rings. The van der Waals surface area contributed by atoms with Gasteiger partial charge < -0.3 is 15.5 Å². The zero-order chi connectivity index (χ0) is 20.6. The van der Waals surface area contributed by atoms with E-state index in [1.807, 2.05) is 36.4 Å². The van der Waals surface area contributed by atoms with Gasteiger partial charge in [0, 0.05) is 17.3 Å². The molecule has 0 spiro atoms. The molecule has 1 amide bonds. The smallest absolute Gasteiger partial charge is 0.273 e. The van der Waals surface area contributed by atoms with Crippen molar-refractivity contribution in [1.29, 1.82) is 0 Å². The van der Waals surface area contributed by atoms with Crippen LogP contribution in [0.2, 0.25) is 5.02 Å². The van der Waals surface area contributed by atoms with E-state index in [2.05, 4.69) is 39.3 Å². The first-order valence-corrected chi connectivity index (χ1v) is 10.3. The van der Waals surface area contributed by atoms with E-state index in [4.69, 9.17) is 11.6 Å². The molecule has 1 heterocycles. The summed E-state index contributed by atoms with van der Waals surface area (Å²) in [6, 6.07) is 14.8. The second kappa shape index (κ2) is 10.2. The molecule has 2 N–H and O–H groups in total. The molecular formula is C22H26ClN5O. The lowest BCUT2D eigenvalue weighted by molar-refractivity contribution is 0.0948. The Labute approximate surface area is 176 Å². The number of para-hydroxylation sites is 2. The fourth-order valence-corrected chi connectivity index (χ4v) is 3.17. The van der Waals surface area contributed by atoms with Crippen LogP contribution in [0.3, 0.4) is 0 Å². The summed E-state index contributed by atoms with van der Waals surface area (Å²) in [5.74, 6) is 0.187. The van der Waals surface area contributed by atoms with E-state index >= 15 is 0 Å². The zero-order valence-electron chi connectivity index (χ0n) is 16.8. The number of halogens is 1. The molecule has 6 nitrogen and oxygen atoms in total. The summed E-state index contributed by atoms with van der Waals surface area (Å²) in [5, 5.41) is 6.82. The van der Waals surface area contributed by atoms with Gasteiger partial charge in [-0.05, 0) is 62.5 Å². The molecule has 0 saturated carbocycles. The van der Waals surface area contributed by atoms with E-state index in [9.17, 15) is 4.79 Å². The normalized spacial score (nSPS) is 11.0. The van der Waals surface area contributed by atoms with Crippen molar-refractivity contribution in [3.8, 4) is 0 Å². The first-order valence-electron chi connectivity index (χ1n) is 9.90. The molecule has 0 aliphatic rings. The van der Waals surface area contributed by atoms with Crippen molar-refractivity contribution in [3.05, 3.63) is 59.2 Å². The SMILES string of the molecule is CCN(CC)CCCNC(=O)c1nc2ccccc2nc1Nc1ccc(Cl)cc1. The Bertz CT molecular complexity index is 957. The van der Waals surface area contributed by atoms with Gasteiger partial charge in [0.15, 0.2) is 11.5 Å². The van der Waals surface area contributed by atoms with E-state index in [1.54, 1.807) is 12.1 Å². The van der Waals surface area contributed by atoms with Gasteiger partial charge in [0.2, 0.25) is 0 Å². The average Bonchev–Trinajstić information content (AvgIpc) is 2.75. The second-order valence-corrected chi connectivity index (χ2v) is 7.11. The van der Waals surface area contributed by atoms with E-state index in [-0.39, 0.29) is 11.6 Å². The van der Waals surface area contributed by atoms with Crippen LogP contribution in [0.15, 0.2) is 48.5 Å². The largest absolute Gasteiger partial charge is 0.351 e. The molecule has 0 aliphatic carbocycles. The summed E-state index contributed by atoms with van der Waals surface area (Å²) in [5.41, 5.74) is 2.47. The highest BCUT2D eigenvalue weighted by Crippen LogP contribution is 2.22. The number of hydrogen-bond acceptors (Lipinski definition) is 5. The lowest BCUT2D eigenvalue weighted by Gasteiger charge is -2.17.